The van der Waals surface area contributed by atoms with E-state index in [0.29, 0.717) is 40.6 Å². The molecule has 136 valence electrons. The fraction of sp³-hybridized carbons (Fsp3) is 0.250. The Morgan fingerprint density at radius 2 is 1.85 bits per heavy atom. The van der Waals surface area contributed by atoms with Gasteiger partial charge in [-0.3, -0.25) is 9.69 Å². The van der Waals surface area contributed by atoms with Crippen molar-refractivity contribution in [3.8, 4) is 11.8 Å². The van der Waals surface area contributed by atoms with Crippen LogP contribution in [0.1, 0.15) is 24.8 Å². The molecule has 7 heteroatoms. The number of thiocarbonyl (C=S) groups is 1. The molecule has 0 unspecified atom stereocenters. The molecule has 1 saturated heterocycles. The maximum absolute atomic E-state index is 13.4. The molecule has 27 heavy (non-hydrogen) atoms. The van der Waals surface area contributed by atoms with E-state index >= 15 is 0 Å². The number of benzene rings is 2. The van der Waals surface area contributed by atoms with Crippen molar-refractivity contribution >= 4 is 34.6 Å². The zero-order valence-electron chi connectivity index (χ0n) is 14.6. The molecule has 1 aliphatic heterocycles. The van der Waals surface area contributed by atoms with Crippen LogP contribution < -0.4 is 14.5 Å². The molecule has 0 bridgehead atoms. The average molecular weight is 381 g/mol. The summed E-state index contributed by atoms with van der Waals surface area (Å²) in [6.45, 7) is 0. The molecule has 1 aliphatic carbocycles. The lowest BCUT2D eigenvalue weighted by molar-refractivity contribution is -0.123. The molecule has 2 aromatic rings. The predicted molar refractivity (Wildman–Crippen MR) is 103 cm³/mol. The van der Waals surface area contributed by atoms with Gasteiger partial charge in [0, 0.05) is 11.8 Å². The van der Waals surface area contributed by atoms with Crippen LogP contribution >= 0.6 is 12.2 Å². The van der Waals surface area contributed by atoms with Gasteiger partial charge in [-0.25, -0.2) is 4.39 Å². The molecule has 0 radical (unpaired) electrons. The van der Waals surface area contributed by atoms with E-state index in [9.17, 15) is 14.4 Å². The molecule has 2 aromatic carbocycles. The van der Waals surface area contributed by atoms with Crippen molar-refractivity contribution in [2.75, 3.05) is 16.9 Å². The van der Waals surface area contributed by atoms with E-state index < -0.39 is 5.54 Å². The lowest BCUT2D eigenvalue weighted by atomic mass is 9.75. The molecule has 1 saturated carbocycles. The van der Waals surface area contributed by atoms with Gasteiger partial charge in [-0.1, -0.05) is 0 Å². The second kappa shape index (κ2) is 6.32. The number of methoxy groups -OCH3 is 1. The molecule has 2 aliphatic rings. The van der Waals surface area contributed by atoms with Crippen molar-refractivity contribution in [1.82, 2.24) is 0 Å². The Kier molecular flexibility index (Phi) is 4.08. The molecule has 5 nitrogen and oxygen atoms in total. The number of ether oxygens (including phenoxy) is 1. The number of carbonyl (C=O) groups is 1. The zero-order chi connectivity index (χ0) is 19.2. The van der Waals surface area contributed by atoms with Gasteiger partial charge in [0.05, 0.1) is 18.4 Å². The molecule has 4 rings (SSSR count). The topological polar surface area (TPSA) is 56.6 Å². The number of anilines is 2. The summed E-state index contributed by atoms with van der Waals surface area (Å²) in [5.41, 5.74) is 0.901. The van der Waals surface area contributed by atoms with E-state index in [2.05, 4.69) is 6.07 Å². The maximum atomic E-state index is 13.4. The van der Waals surface area contributed by atoms with Crippen LogP contribution in [0.4, 0.5) is 15.8 Å². The fourth-order valence-corrected chi connectivity index (χ4v) is 4.18. The Morgan fingerprint density at radius 1 is 1.19 bits per heavy atom. The Labute approximate surface area is 161 Å². The predicted octanol–water partition coefficient (Wildman–Crippen LogP) is 3.77. The molecule has 2 fully saturated rings. The Bertz CT molecular complexity index is 980. The quantitative estimate of drug-likeness (QED) is 0.758. The van der Waals surface area contributed by atoms with Crippen LogP contribution in [0.2, 0.25) is 0 Å². The molecule has 1 amide bonds. The third-order valence-electron chi connectivity index (χ3n) is 5.24. The van der Waals surface area contributed by atoms with E-state index in [1.54, 1.807) is 30.3 Å². The van der Waals surface area contributed by atoms with Crippen LogP contribution in [0.15, 0.2) is 42.5 Å². The summed E-state index contributed by atoms with van der Waals surface area (Å²) in [6.07, 6.45) is 2.30. The van der Waals surface area contributed by atoms with Crippen LogP contribution in [0, 0.1) is 17.1 Å². The minimum absolute atomic E-state index is 0.102. The summed E-state index contributed by atoms with van der Waals surface area (Å²) in [4.78, 5) is 16.7. The number of rotatable bonds is 3. The van der Waals surface area contributed by atoms with Crippen molar-refractivity contribution in [2.24, 2.45) is 0 Å². The first-order chi connectivity index (χ1) is 13.0. The van der Waals surface area contributed by atoms with Crippen LogP contribution in [0.25, 0.3) is 0 Å². The van der Waals surface area contributed by atoms with Gasteiger partial charge < -0.3 is 9.64 Å². The van der Waals surface area contributed by atoms with Crippen LogP contribution in [-0.2, 0) is 4.79 Å². The number of carbonyl (C=O) groups excluding carboxylic acids is 1. The first kappa shape index (κ1) is 17.4. The summed E-state index contributed by atoms with van der Waals surface area (Å²) in [7, 11) is 1.47. The highest BCUT2D eigenvalue weighted by Crippen LogP contribution is 2.48. The van der Waals surface area contributed by atoms with Gasteiger partial charge in [-0.15, -0.1) is 0 Å². The largest absolute Gasteiger partial charge is 0.495 e. The van der Waals surface area contributed by atoms with Crippen molar-refractivity contribution in [2.45, 2.75) is 24.8 Å². The highest BCUT2D eigenvalue weighted by Gasteiger charge is 2.59. The summed E-state index contributed by atoms with van der Waals surface area (Å²) in [5.74, 6) is -0.0603. The SMILES string of the molecule is COc1cc(N2C(=O)C3(CCC3)N(c3ccc(F)cc3)C2=S)ccc1C#N. The fourth-order valence-electron chi connectivity index (χ4n) is 3.71. The van der Waals surface area contributed by atoms with Gasteiger partial charge in [0.2, 0.25) is 0 Å². The molecule has 1 heterocycles. The lowest BCUT2D eigenvalue weighted by Gasteiger charge is -2.43. The summed E-state index contributed by atoms with van der Waals surface area (Å²) in [6, 6.07) is 13.0. The normalized spacial score (nSPS) is 17.8. The van der Waals surface area contributed by atoms with Crippen LogP contribution in [0.5, 0.6) is 5.75 Å². The number of nitrogens with zero attached hydrogens (tertiary/aromatic N) is 3. The lowest BCUT2D eigenvalue weighted by Crippen LogP contribution is -2.55. The number of amides is 1. The second-order valence-corrected chi connectivity index (χ2v) is 6.98. The van der Waals surface area contributed by atoms with Gasteiger partial charge in [0.1, 0.15) is 23.2 Å². The molecule has 0 N–H and O–H groups in total. The standard InChI is InChI=1S/C20H16FN3O2S/c1-26-17-11-16(6-3-13(17)12-22)23-18(25)20(9-2-10-20)24(19(23)27)15-7-4-14(21)5-8-15/h3-8,11H,2,9-10H2,1H3. The van der Waals surface area contributed by atoms with Gasteiger partial charge in [-0.05, 0) is 67.9 Å². The van der Waals surface area contributed by atoms with Crippen molar-refractivity contribution < 1.29 is 13.9 Å². The summed E-state index contributed by atoms with van der Waals surface area (Å²) >= 11 is 5.66. The van der Waals surface area contributed by atoms with Gasteiger partial charge in [0.25, 0.3) is 5.91 Å². The van der Waals surface area contributed by atoms with E-state index in [-0.39, 0.29) is 11.7 Å². The first-order valence-corrected chi connectivity index (χ1v) is 8.95. The molecular weight excluding hydrogens is 365 g/mol. The van der Waals surface area contributed by atoms with E-state index in [1.165, 1.54) is 24.1 Å². The number of nitriles is 1. The average Bonchev–Trinajstić information content (AvgIpc) is 2.89. The van der Waals surface area contributed by atoms with E-state index in [1.807, 2.05) is 4.90 Å². The van der Waals surface area contributed by atoms with E-state index in [4.69, 9.17) is 17.0 Å². The molecule has 0 atom stereocenters. The smallest absolute Gasteiger partial charge is 0.259 e. The van der Waals surface area contributed by atoms with Crippen molar-refractivity contribution in [3.05, 3.63) is 53.8 Å². The van der Waals surface area contributed by atoms with Crippen LogP contribution in [0.3, 0.4) is 0 Å². The Morgan fingerprint density at radius 3 is 2.41 bits per heavy atom. The number of halogens is 1. The Hall–Kier alpha value is -2.98. The van der Waals surface area contributed by atoms with Crippen LogP contribution in [-0.4, -0.2) is 23.7 Å². The molecular formula is C20H16FN3O2S. The summed E-state index contributed by atoms with van der Waals surface area (Å²) < 4.78 is 18.6. The third kappa shape index (κ3) is 2.48. The number of hydrogen-bond acceptors (Lipinski definition) is 4. The first-order valence-electron chi connectivity index (χ1n) is 8.54. The minimum Gasteiger partial charge on any atom is -0.495 e. The highest BCUT2D eigenvalue weighted by molar-refractivity contribution is 7.81. The Balaban J connectivity index is 1.80. The zero-order valence-corrected chi connectivity index (χ0v) is 15.4. The second-order valence-electron chi connectivity index (χ2n) is 6.62. The molecule has 0 aromatic heterocycles. The van der Waals surface area contributed by atoms with Gasteiger partial charge in [0.15, 0.2) is 5.11 Å². The molecule has 1 spiro atoms. The monoisotopic (exact) mass is 381 g/mol. The highest BCUT2D eigenvalue weighted by atomic mass is 32.1. The summed E-state index contributed by atoms with van der Waals surface area (Å²) in [5, 5.41) is 9.52. The maximum Gasteiger partial charge on any atom is 0.259 e. The van der Waals surface area contributed by atoms with Crippen molar-refractivity contribution in [3.63, 3.8) is 0 Å². The number of hydrogen-bond donors (Lipinski definition) is 0. The van der Waals surface area contributed by atoms with E-state index in [0.717, 1.165) is 6.42 Å². The third-order valence-corrected chi connectivity index (χ3v) is 5.61. The minimum atomic E-state index is -0.726. The van der Waals surface area contributed by atoms with Gasteiger partial charge >= 0.3 is 0 Å². The van der Waals surface area contributed by atoms with Crippen molar-refractivity contribution in [1.29, 1.82) is 5.26 Å². The van der Waals surface area contributed by atoms with Gasteiger partial charge in [-0.2, -0.15) is 5.26 Å².